The van der Waals surface area contributed by atoms with Crippen LogP contribution in [0.1, 0.15) is 23.2 Å². The molecule has 2 aliphatic heterocycles. The van der Waals surface area contributed by atoms with Gasteiger partial charge in [0, 0.05) is 31.4 Å². The van der Waals surface area contributed by atoms with E-state index < -0.39 is 0 Å². The minimum atomic E-state index is 0.0764. The highest BCUT2D eigenvalue weighted by Gasteiger charge is 2.39. The molecule has 2 aliphatic rings. The number of piperazine rings is 1. The van der Waals surface area contributed by atoms with E-state index in [9.17, 15) is 4.79 Å². The van der Waals surface area contributed by atoms with Crippen molar-refractivity contribution >= 4 is 11.7 Å². The van der Waals surface area contributed by atoms with Gasteiger partial charge < -0.3 is 10.6 Å². The molecule has 5 nitrogen and oxygen atoms in total. The lowest BCUT2D eigenvalue weighted by molar-refractivity contribution is 0.0523. The van der Waals surface area contributed by atoms with Crippen molar-refractivity contribution in [2.75, 3.05) is 25.9 Å². The van der Waals surface area contributed by atoms with Gasteiger partial charge >= 0.3 is 0 Å². The van der Waals surface area contributed by atoms with Crippen LogP contribution in [0, 0.1) is 0 Å². The fourth-order valence-corrected chi connectivity index (χ4v) is 2.99. The molecule has 0 radical (unpaired) electrons. The maximum atomic E-state index is 12.4. The van der Waals surface area contributed by atoms with E-state index in [1.807, 2.05) is 4.90 Å². The summed E-state index contributed by atoms with van der Waals surface area (Å²) in [6, 6.07) is 4.48. The number of hydrogen-bond acceptors (Lipinski definition) is 4. The number of nitrogens with zero attached hydrogens (tertiary/aromatic N) is 3. The average Bonchev–Trinajstić information content (AvgIpc) is 2.62. The van der Waals surface area contributed by atoms with Crippen LogP contribution in [0.2, 0.25) is 0 Å². The SMILES string of the molecule is CN1C2CCC1CN(C(=O)c1ccc(N)nc1)C2. The fourth-order valence-electron chi connectivity index (χ4n) is 2.99. The third-order valence-electron chi connectivity index (χ3n) is 4.17. The Kier molecular flexibility index (Phi) is 2.70. The molecular weight excluding hydrogens is 228 g/mol. The van der Waals surface area contributed by atoms with Crippen LogP contribution < -0.4 is 5.73 Å². The standard InChI is InChI=1S/C13H18N4O/c1-16-10-3-4-11(16)8-17(7-10)13(18)9-2-5-12(14)15-6-9/h2,5-6,10-11H,3-4,7-8H2,1H3,(H2,14,15). The topological polar surface area (TPSA) is 62.5 Å². The van der Waals surface area contributed by atoms with Crippen molar-refractivity contribution in [2.24, 2.45) is 0 Å². The Morgan fingerprint density at radius 2 is 2.00 bits per heavy atom. The number of carbonyl (C=O) groups excluding carboxylic acids is 1. The summed E-state index contributed by atoms with van der Waals surface area (Å²) in [7, 11) is 2.16. The monoisotopic (exact) mass is 246 g/mol. The lowest BCUT2D eigenvalue weighted by Gasteiger charge is -2.38. The summed E-state index contributed by atoms with van der Waals surface area (Å²) < 4.78 is 0. The van der Waals surface area contributed by atoms with Gasteiger partial charge in [0.1, 0.15) is 5.82 Å². The maximum Gasteiger partial charge on any atom is 0.255 e. The molecule has 2 fully saturated rings. The van der Waals surface area contributed by atoms with Crippen LogP contribution in [0.15, 0.2) is 18.3 Å². The number of hydrogen-bond donors (Lipinski definition) is 1. The van der Waals surface area contributed by atoms with E-state index in [0.29, 0.717) is 23.5 Å². The molecule has 1 aromatic heterocycles. The molecule has 18 heavy (non-hydrogen) atoms. The molecule has 3 heterocycles. The van der Waals surface area contributed by atoms with Gasteiger partial charge in [-0.15, -0.1) is 0 Å². The normalized spacial score (nSPS) is 27.5. The van der Waals surface area contributed by atoms with E-state index >= 15 is 0 Å². The second kappa shape index (κ2) is 4.24. The van der Waals surface area contributed by atoms with Crippen LogP contribution in [0.4, 0.5) is 5.82 Å². The Balaban J connectivity index is 1.76. The van der Waals surface area contributed by atoms with Crippen molar-refractivity contribution in [3.8, 4) is 0 Å². The molecule has 2 unspecified atom stereocenters. The number of rotatable bonds is 1. The lowest BCUT2D eigenvalue weighted by Crippen LogP contribution is -2.53. The number of anilines is 1. The third kappa shape index (κ3) is 1.84. The van der Waals surface area contributed by atoms with Crippen molar-refractivity contribution in [1.82, 2.24) is 14.8 Å². The number of likely N-dealkylation sites (N-methyl/N-ethyl adjacent to an activating group) is 1. The fraction of sp³-hybridized carbons (Fsp3) is 0.538. The molecule has 1 amide bonds. The van der Waals surface area contributed by atoms with Gasteiger partial charge in [0.05, 0.1) is 5.56 Å². The molecule has 0 saturated carbocycles. The number of aromatic nitrogens is 1. The molecule has 2 saturated heterocycles. The third-order valence-corrected chi connectivity index (χ3v) is 4.17. The first-order chi connectivity index (χ1) is 8.65. The Bertz CT molecular complexity index is 445. The lowest BCUT2D eigenvalue weighted by atomic mass is 10.1. The number of fused-ring (bicyclic) bond motifs is 2. The zero-order valence-corrected chi connectivity index (χ0v) is 10.5. The summed E-state index contributed by atoms with van der Waals surface area (Å²) in [5, 5.41) is 0. The number of amides is 1. The predicted octanol–water partition coefficient (Wildman–Crippen LogP) is 0.582. The first-order valence-electron chi connectivity index (χ1n) is 6.38. The van der Waals surface area contributed by atoms with Gasteiger partial charge in [0.15, 0.2) is 0 Å². The number of pyridine rings is 1. The maximum absolute atomic E-state index is 12.4. The summed E-state index contributed by atoms with van der Waals surface area (Å²) >= 11 is 0. The molecule has 0 spiro atoms. The quantitative estimate of drug-likeness (QED) is 0.787. The highest BCUT2D eigenvalue weighted by Crippen LogP contribution is 2.28. The summed E-state index contributed by atoms with van der Waals surface area (Å²) in [5.74, 6) is 0.525. The van der Waals surface area contributed by atoms with Crippen molar-refractivity contribution in [1.29, 1.82) is 0 Å². The average molecular weight is 246 g/mol. The van der Waals surface area contributed by atoms with E-state index in [2.05, 4.69) is 16.9 Å². The van der Waals surface area contributed by atoms with Gasteiger partial charge in [-0.1, -0.05) is 0 Å². The zero-order valence-electron chi connectivity index (χ0n) is 10.5. The van der Waals surface area contributed by atoms with Gasteiger partial charge in [-0.25, -0.2) is 4.98 Å². The number of likely N-dealkylation sites (tertiary alicyclic amines) is 1. The van der Waals surface area contributed by atoms with Crippen LogP contribution in [0.3, 0.4) is 0 Å². The molecule has 0 aromatic carbocycles. The number of nitrogens with two attached hydrogens (primary N) is 1. The highest BCUT2D eigenvalue weighted by atomic mass is 16.2. The Morgan fingerprint density at radius 1 is 1.33 bits per heavy atom. The Morgan fingerprint density at radius 3 is 2.56 bits per heavy atom. The molecule has 1 aromatic rings. The van der Waals surface area contributed by atoms with E-state index in [-0.39, 0.29) is 5.91 Å². The van der Waals surface area contributed by atoms with Crippen LogP contribution >= 0.6 is 0 Å². The summed E-state index contributed by atoms with van der Waals surface area (Å²) in [6.07, 6.45) is 3.97. The molecule has 5 heteroatoms. The van der Waals surface area contributed by atoms with Gasteiger partial charge in [0.2, 0.25) is 0 Å². The van der Waals surface area contributed by atoms with Gasteiger partial charge in [-0.05, 0) is 32.0 Å². The summed E-state index contributed by atoms with van der Waals surface area (Å²) in [5.41, 5.74) is 6.17. The minimum Gasteiger partial charge on any atom is -0.384 e. The van der Waals surface area contributed by atoms with E-state index in [0.717, 1.165) is 13.1 Å². The predicted molar refractivity (Wildman–Crippen MR) is 69.1 cm³/mol. The van der Waals surface area contributed by atoms with Gasteiger partial charge in [-0.2, -0.15) is 0 Å². The van der Waals surface area contributed by atoms with E-state index in [1.165, 1.54) is 12.8 Å². The molecule has 2 N–H and O–H groups in total. The van der Waals surface area contributed by atoms with Crippen LogP contribution in [0.25, 0.3) is 0 Å². The van der Waals surface area contributed by atoms with Crippen LogP contribution in [-0.4, -0.2) is 52.9 Å². The smallest absolute Gasteiger partial charge is 0.255 e. The summed E-state index contributed by atoms with van der Waals surface area (Å²) in [4.78, 5) is 20.7. The van der Waals surface area contributed by atoms with Crippen molar-refractivity contribution in [2.45, 2.75) is 24.9 Å². The van der Waals surface area contributed by atoms with Crippen molar-refractivity contribution < 1.29 is 4.79 Å². The van der Waals surface area contributed by atoms with E-state index in [1.54, 1.807) is 18.3 Å². The molecular formula is C13H18N4O. The minimum absolute atomic E-state index is 0.0764. The van der Waals surface area contributed by atoms with Crippen LogP contribution in [-0.2, 0) is 0 Å². The van der Waals surface area contributed by atoms with Crippen LogP contribution in [0.5, 0.6) is 0 Å². The number of carbonyl (C=O) groups is 1. The highest BCUT2D eigenvalue weighted by molar-refractivity contribution is 5.94. The largest absolute Gasteiger partial charge is 0.384 e. The Hall–Kier alpha value is -1.62. The van der Waals surface area contributed by atoms with Gasteiger partial charge in [0.25, 0.3) is 5.91 Å². The Labute approximate surface area is 107 Å². The van der Waals surface area contributed by atoms with Gasteiger partial charge in [-0.3, -0.25) is 9.69 Å². The second-order valence-corrected chi connectivity index (χ2v) is 5.23. The number of nitrogen functional groups attached to an aromatic ring is 1. The molecule has 3 rings (SSSR count). The molecule has 0 aliphatic carbocycles. The summed E-state index contributed by atoms with van der Waals surface area (Å²) in [6.45, 7) is 1.66. The first-order valence-corrected chi connectivity index (χ1v) is 6.38. The van der Waals surface area contributed by atoms with E-state index in [4.69, 9.17) is 5.73 Å². The zero-order chi connectivity index (χ0) is 12.7. The second-order valence-electron chi connectivity index (χ2n) is 5.23. The van der Waals surface area contributed by atoms with Crippen molar-refractivity contribution in [3.63, 3.8) is 0 Å². The first kappa shape index (κ1) is 11.5. The van der Waals surface area contributed by atoms with Crippen molar-refractivity contribution in [3.05, 3.63) is 23.9 Å². The molecule has 2 bridgehead atoms. The molecule has 2 atom stereocenters. The molecule has 96 valence electrons.